The lowest BCUT2D eigenvalue weighted by Crippen LogP contribution is -2.55. The van der Waals surface area contributed by atoms with Gasteiger partial charge in [0.25, 0.3) is 0 Å². The van der Waals surface area contributed by atoms with Crippen molar-refractivity contribution in [1.82, 2.24) is 10.6 Å². The van der Waals surface area contributed by atoms with E-state index < -0.39 is 40.0 Å². The van der Waals surface area contributed by atoms with Gasteiger partial charge in [0.1, 0.15) is 0 Å². The number of urea groups is 1. The van der Waals surface area contributed by atoms with Crippen molar-refractivity contribution in [2.24, 2.45) is 0 Å². The first-order chi connectivity index (χ1) is 8.17. The number of aliphatic hydroxyl groups excluding tert-OH is 1. The maximum Gasteiger partial charge on any atom is 0.328 e. The normalized spacial score (nSPS) is 27.4. The SMILES string of the molecule is CC1(NC(=O)N[C@H](CO)C(=O)O)CCS(=O)(=O)C1. The smallest absolute Gasteiger partial charge is 0.328 e. The van der Waals surface area contributed by atoms with Crippen molar-refractivity contribution in [3.63, 3.8) is 0 Å². The van der Waals surface area contributed by atoms with Gasteiger partial charge in [-0.15, -0.1) is 0 Å². The van der Waals surface area contributed by atoms with Crippen LogP contribution in [0.1, 0.15) is 13.3 Å². The lowest BCUT2D eigenvalue weighted by atomic mass is 10.0. The van der Waals surface area contributed by atoms with Gasteiger partial charge in [0.05, 0.1) is 23.7 Å². The predicted molar refractivity (Wildman–Crippen MR) is 61.9 cm³/mol. The van der Waals surface area contributed by atoms with Crippen molar-refractivity contribution in [1.29, 1.82) is 0 Å². The summed E-state index contributed by atoms with van der Waals surface area (Å²) >= 11 is 0. The van der Waals surface area contributed by atoms with E-state index in [-0.39, 0.29) is 17.9 Å². The number of aliphatic carboxylic acids is 1. The van der Waals surface area contributed by atoms with Gasteiger partial charge in [-0.3, -0.25) is 0 Å². The second-order valence-electron chi connectivity index (χ2n) is 4.57. The number of carboxylic acids is 1. The van der Waals surface area contributed by atoms with Crippen molar-refractivity contribution in [3.8, 4) is 0 Å². The van der Waals surface area contributed by atoms with Crippen molar-refractivity contribution < 1.29 is 28.2 Å². The average Bonchev–Trinajstić information content (AvgIpc) is 2.48. The molecule has 0 aromatic heterocycles. The van der Waals surface area contributed by atoms with E-state index in [0.29, 0.717) is 0 Å². The molecule has 1 rings (SSSR count). The first kappa shape index (κ1) is 14.7. The molecule has 0 bridgehead atoms. The first-order valence-electron chi connectivity index (χ1n) is 5.30. The second-order valence-corrected chi connectivity index (χ2v) is 6.76. The van der Waals surface area contributed by atoms with Crippen molar-refractivity contribution >= 4 is 21.8 Å². The number of nitrogens with one attached hydrogen (secondary N) is 2. The Morgan fingerprint density at radius 2 is 2.06 bits per heavy atom. The zero-order valence-corrected chi connectivity index (χ0v) is 10.7. The highest BCUT2D eigenvalue weighted by atomic mass is 32.2. The predicted octanol–water partition coefficient (Wildman–Crippen LogP) is -1.69. The van der Waals surface area contributed by atoms with Gasteiger partial charge in [0.2, 0.25) is 0 Å². The summed E-state index contributed by atoms with van der Waals surface area (Å²) in [6.45, 7) is 0.837. The molecule has 0 saturated carbocycles. The monoisotopic (exact) mass is 280 g/mol. The Kier molecular flexibility index (Phi) is 4.17. The fourth-order valence-corrected chi connectivity index (χ4v) is 3.86. The summed E-state index contributed by atoms with van der Waals surface area (Å²) < 4.78 is 22.6. The number of carboxylic acid groups (broad SMARTS) is 1. The molecule has 2 atom stereocenters. The Morgan fingerprint density at radius 3 is 2.44 bits per heavy atom. The van der Waals surface area contributed by atoms with E-state index in [0.717, 1.165) is 0 Å². The molecule has 0 radical (unpaired) electrons. The number of hydrogen-bond acceptors (Lipinski definition) is 5. The Labute approximate surface area is 104 Å². The van der Waals surface area contributed by atoms with Crippen molar-refractivity contribution in [2.75, 3.05) is 18.1 Å². The van der Waals surface area contributed by atoms with Crippen LogP contribution >= 0.6 is 0 Å². The zero-order valence-electron chi connectivity index (χ0n) is 9.84. The van der Waals surface area contributed by atoms with E-state index in [1.165, 1.54) is 0 Å². The molecule has 1 heterocycles. The Hall–Kier alpha value is -1.35. The maximum atomic E-state index is 11.5. The van der Waals surface area contributed by atoms with Gasteiger partial charge in [-0.2, -0.15) is 0 Å². The summed E-state index contributed by atoms with van der Waals surface area (Å²) in [5, 5.41) is 21.8. The van der Waals surface area contributed by atoms with Crippen LogP contribution in [0.5, 0.6) is 0 Å². The molecule has 2 amide bonds. The van der Waals surface area contributed by atoms with Gasteiger partial charge in [-0.25, -0.2) is 18.0 Å². The average molecular weight is 280 g/mol. The molecular formula is C9H16N2O6S. The molecule has 0 aliphatic carbocycles. The zero-order chi connectivity index (χ0) is 14.0. The molecule has 1 fully saturated rings. The molecule has 9 heteroatoms. The minimum absolute atomic E-state index is 0.00780. The largest absolute Gasteiger partial charge is 0.480 e. The molecule has 104 valence electrons. The number of aliphatic hydroxyl groups is 1. The minimum atomic E-state index is -3.16. The van der Waals surface area contributed by atoms with E-state index in [2.05, 4.69) is 10.6 Å². The molecule has 1 unspecified atom stereocenters. The van der Waals surface area contributed by atoms with Gasteiger partial charge in [0.15, 0.2) is 15.9 Å². The lowest BCUT2D eigenvalue weighted by molar-refractivity contribution is -0.140. The summed E-state index contributed by atoms with van der Waals surface area (Å²) in [6, 6.07) is -2.22. The lowest BCUT2D eigenvalue weighted by Gasteiger charge is -2.25. The topological polar surface area (TPSA) is 133 Å². The summed E-state index contributed by atoms with van der Waals surface area (Å²) in [4.78, 5) is 22.1. The Bertz CT molecular complexity index is 448. The van der Waals surface area contributed by atoms with Gasteiger partial charge in [0, 0.05) is 0 Å². The van der Waals surface area contributed by atoms with E-state index in [1.54, 1.807) is 6.92 Å². The molecule has 18 heavy (non-hydrogen) atoms. The highest BCUT2D eigenvalue weighted by Crippen LogP contribution is 2.22. The highest BCUT2D eigenvalue weighted by Gasteiger charge is 2.39. The molecule has 0 spiro atoms. The number of amides is 2. The fourth-order valence-electron chi connectivity index (χ4n) is 1.76. The van der Waals surface area contributed by atoms with Crippen LogP contribution in [0.2, 0.25) is 0 Å². The highest BCUT2D eigenvalue weighted by molar-refractivity contribution is 7.91. The number of hydrogen-bond donors (Lipinski definition) is 4. The van der Waals surface area contributed by atoms with Crippen LogP contribution in [-0.4, -0.2) is 60.3 Å². The molecule has 1 saturated heterocycles. The van der Waals surface area contributed by atoms with Gasteiger partial charge in [-0.05, 0) is 13.3 Å². The Balaban J connectivity index is 2.58. The molecule has 1 aliphatic heterocycles. The van der Waals surface area contributed by atoms with Crippen molar-refractivity contribution in [3.05, 3.63) is 0 Å². The van der Waals surface area contributed by atoms with Gasteiger partial charge in [-0.1, -0.05) is 0 Å². The molecular weight excluding hydrogens is 264 g/mol. The van der Waals surface area contributed by atoms with Crippen LogP contribution in [0.3, 0.4) is 0 Å². The van der Waals surface area contributed by atoms with E-state index in [9.17, 15) is 18.0 Å². The van der Waals surface area contributed by atoms with Crippen LogP contribution in [0, 0.1) is 0 Å². The molecule has 0 aromatic carbocycles. The third kappa shape index (κ3) is 3.84. The van der Waals surface area contributed by atoms with Gasteiger partial charge >= 0.3 is 12.0 Å². The summed E-state index contributed by atoms with van der Waals surface area (Å²) in [5.74, 6) is -1.55. The number of carbonyl (C=O) groups is 2. The van der Waals surface area contributed by atoms with Crippen LogP contribution in [0.25, 0.3) is 0 Å². The standard InChI is InChI=1S/C9H16N2O6S/c1-9(2-3-18(16,17)5-9)11-8(15)10-6(4-12)7(13)14/h6,12H,2-5H2,1H3,(H,13,14)(H2,10,11,15)/t6-,9?/m1/s1. The summed E-state index contributed by atoms with van der Waals surface area (Å²) in [6.07, 6.45) is 0.277. The van der Waals surface area contributed by atoms with Crippen molar-refractivity contribution in [2.45, 2.75) is 24.9 Å². The van der Waals surface area contributed by atoms with Crippen LogP contribution in [0.15, 0.2) is 0 Å². The summed E-state index contributed by atoms with van der Waals surface area (Å²) in [7, 11) is -3.16. The fraction of sp³-hybridized carbons (Fsp3) is 0.778. The van der Waals surface area contributed by atoms with E-state index >= 15 is 0 Å². The number of rotatable bonds is 4. The summed E-state index contributed by atoms with van der Waals surface area (Å²) in [5.41, 5.74) is -0.901. The minimum Gasteiger partial charge on any atom is -0.480 e. The van der Waals surface area contributed by atoms with E-state index in [4.69, 9.17) is 10.2 Å². The third-order valence-corrected chi connectivity index (χ3v) is 4.61. The Morgan fingerprint density at radius 1 is 1.44 bits per heavy atom. The van der Waals surface area contributed by atoms with E-state index in [1.807, 2.05) is 0 Å². The van der Waals surface area contributed by atoms with Crippen LogP contribution in [0.4, 0.5) is 4.79 Å². The van der Waals surface area contributed by atoms with Gasteiger partial charge < -0.3 is 20.8 Å². The van der Waals surface area contributed by atoms with Crippen LogP contribution < -0.4 is 10.6 Å². The second kappa shape index (κ2) is 5.11. The van der Waals surface area contributed by atoms with Crippen LogP contribution in [-0.2, 0) is 14.6 Å². The number of sulfone groups is 1. The first-order valence-corrected chi connectivity index (χ1v) is 7.12. The molecule has 8 nitrogen and oxygen atoms in total. The molecule has 0 aromatic rings. The third-order valence-electron chi connectivity index (χ3n) is 2.70. The molecule has 1 aliphatic rings. The molecule has 4 N–H and O–H groups in total. The maximum absolute atomic E-state index is 11.5. The quantitative estimate of drug-likeness (QED) is 0.485. The number of carbonyl (C=O) groups excluding carboxylic acids is 1.